The van der Waals surface area contributed by atoms with E-state index in [-0.39, 0.29) is 16.6 Å². The Morgan fingerprint density at radius 2 is 1.66 bits per heavy atom. The summed E-state index contributed by atoms with van der Waals surface area (Å²) >= 11 is 0. The molecule has 6 rings (SSSR count). The van der Waals surface area contributed by atoms with Crippen LogP contribution in [0.25, 0.3) is 0 Å². The highest BCUT2D eigenvalue weighted by Crippen LogP contribution is 2.67. The minimum atomic E-state index is -3.71. The summed E-state index contributed by atoms with van der Waals surface area (Å²) in [6.07, 6.45) is 14.9. The van der Waals surface area contributed by atoms with Gasteiger partial charge in [0.1, 0.15) is 0 Å². The van der Waals surface area contributed by atoms with Crippen LogP contribution in [0.15, 0.2) is 29.2 Å². The third-order valence-electron chi connectivity index (χ3n) is 12.0. The largest absolute Gasteiger partial charge is 0.353 e. The fraction of sp³-hybridized carbons (Fsp3) is 0.812. The van der Waals surface area contributed by atoms with Gasteiger partial charge in [-0.15, -0.1) is 0 Å². The SMILES string of the molecule is Cc1ccc(S(=O)(=O)OC[C@H]2CC[C@H]3[C@@H]4CC[C@H]5C[C@H](O[C@@H]6CCCCO6)CC[C@]5(C)[C@H]4CC[C@]23C)cc1. The zero-order valence-electron chi connectivity index (χ0n) is 23.7. The van der Waals surface area contributed by atoms with E-state index in [0.717, 1.165) is 42.8 Å². The van der Waals surface area contributed by atoms with Crippen molar-refractivity contribution >= 4 is 10.1 Å². The first-order chi connectivity index (χ1) is 18.2. The van der Waals surface area contributed by atoms with Crippen LogP contribution in [0.2, 0.25) is 0 Å². The van der Waals surface area contributed by atoms with Gasteiger partial charge in [-0.1, -0.05) is 31.5 Å². The van der Waals surface area contributed by atoms with E-state index in [9.17, 15) is 8.42 Å². The molecule has 0 unspecified atom stereocenters. The minimum Gasteiger partial charge on any atom is -0.353 e. The Kier molecular flexibility index (Phi) is 7.50. The standard InChI is InChI=1S/C32H48O5S/c1-22-7-11-26(12-8-22)38(33,34)36-21-24-10-14-28-27-13-9-23-20-25(37-30-6-4-5-19-35-30)15-17-31(23,2)29(27)16-18-32(24,28)3/h7-8,11-12,23-25,27-30H,4-6,9-10,13-21H2,1-3H3/t23-,24+,25+,27-,28-,29-,30+,31-,32+/m0/s1. The molecule has 9 atom stereocenters. The van der Waals surface area contributed by atoms with E-state index in [2.05, 4.69) is 13.8 Å². The molecule has 1 heterocycles. The first kappa shape index (κ1) is 27.2. The average Bonchev–Trinajstić information content (AvgIpc) is 3.25. The molecule has 1 saturated heterocycles. The van der Waals surface area contributed by atoms with Crippen LogP contribution in [0.5, 0.6) is 0 Å². The quantitative estimate of drug-likeness (QED) is 0.278. The van der Waals surface area contributed by atoms with Gasteiger partial charge >= 0.3 is 0 Å². The molecular formula is C32H48O5S. The van der Waals surface area contributed by atoms with Gasteiger partial charge < -0.3 is 9.47 Å². The van der Waals surface area contributed by atoms with Crippen molar-refractivity contribution in [3.63, 3.8) is 0 Å². The zero-order chi connectivity index (χ0) is 26.5. The molecule has 0 amide bonds. The van der Waals surface area contributed by atoms with Gasteiger partial charge in [-0.25, -0.2) is 0 Å². The first-order valence-corrected chi connectivity index (χ1v) is 16.8. The molecule has 5 nitrogen and oxygen atoms in total. The van der Waals surface area contributed by atoms with Crippen molar-refractivity contribution in [2.45, 2.75) is 115 Å². The molecule has 4 aliphatic carbocycles. The molecule has 0 radical (unpaired) electrons. The Bertz CT molecular complexity index is 1080. The first-order valence-electron chi connectivity index (χ1n) is 15.4. The number of fused-ring (bicyclic) bond motifs is 5. The van der Waals surface area contributed by atoms with Crippen LogP contribution in [0.1, 0.15) is 96.5 Å². The van der Waals surface area contributed by atoms with Crippen molar-refractivity contribution in [3.8, 4) is 0 Å². The molecule has 1 aliphatic heterocycles. The van der Waals surface area contributed by atoms with Crippen molar-refractivity contribution in [2.75, 3.05) is 13.2 Å². The third kappa shape index (κ3) is 4.90. The molecule has 0 bridgehead atoms. The lowest BCUT2D eigenvalue weighted by Crippen LogP contribution is -2.54. The lowest BCUT2D eigenvalue weighted by Gasteiger charge is -2.61. The van der Waals surface area contributed by atoms with Crippen molar-refractivity contribution in [1.82, 2.24) is 0 Å². The van der Waals surface area contributed by atoms with Crippen molar-refractivity contribution in [1.29, 1.82) is 0 Å². The molecule has 1 aromatic carbocycles. The second-order valence-electron chi connectivity index (χ2n) is 13.9. The molecular weight excluding hydrogens is 496 g/mol. The number of hydrogen-bond donors (Lipinski definition) is 0. The highest BCUT2D eigenvalue weighted by atomic mass is 32.2. The molecule has 38 heavy (non-hydrogen) atoms. The summed E-state index contributed by atoms with van der Waals surface area (Å²) in [5.74, 6) is 3.34. The van der Waals surface area contributed by atoms with Gasteiger partial charge in [0.15, 0.2) is 6.29 Å². The van der Waals surface area contributed by atoms with Gasteiger partial charge in [-0.05, 0) is 137 Å². The average molecular weight is 545 g/mol. The van der Waals surface area contributed by atoms with E-state index in [1.165, 1.54) is 64.2 Å². The van der Waals surface area contributed by atoms with Gasteiger partial charge in [0.25, 0.3) is 10.1 Å². The van der Waals surface area contributed by atoms with E-state index in [0.29, 0.717) is 30.0 Å². The predicted molar refractivity (Wildman–Crippen MR) is 148 cm³/mol. The molecule has 4 saturated carbocycles. The molecule has 212 valence electrons. The van der Waals surface area contributed by atoms with Crippen LogP contribution in [0.4, 0.5) is 0 Å². The maximum Gasteiger partial charge on any atom is 0.296 e. The van der Waals surface area contributed by atoms with Gasteiger partial charge in [0.2, 0.25) is 0 Å². The molecule has 6 heteroatoms. The molecule has 0 spiro atoms. The molecule has 1 aromatic rings. The van der Waals surface area contributed by atoms with E-state index >= 15 is 0 Å². The molecule has 0 N–H and O–H groups in total. The Hall–Kier alpha value is -0.950. The number of aryl methyl sites for hydroxylation is 1. The van der Waals surface area contributed by atoms with Crippen LogP contribution in [0.3, 0.4) is 0 Å². The summed E-state index contributed by atoms with van der Waals surface area (Å²) in [5.41, 5.74) is 1.65. The summed E-state index contributed by atoms with van der Waals surface area (Å²) in [7, 11) is -3.71. The second-order valence-corrected chi connectivity index (χ2v) is 15.5. The molecule has 5 fully saturated rings. The maximum absolute atomic E-state index is 12.9. The smallest absolute Gasteiger partial charge is 0.296 e. The Labute approximate surface area is 230 Å². The van der Waals surface area contributed by atoms with Gasteiger partial charge in [-0.3, -0.25) is 4.18 Å². The highest BCUT2D eigenvalue weighted by molar-refractivity contribution is 7.86. The number of hydrogen-bond acceptors (Lipinski definition) is 5. The topological polar surface area (TPSA) is 61.8 Å². The fourth-order valence-corrected chi connectivity index (χ4v) is 10.7. The Morgan fingerprint density at radius 1 is 0.895 bits per heavy atom. The summed E-state index contributed by atoms with van der Waals surface area (Å²) in [5, 5.41) is 0. The van der Waals surface area contributed by atoms with Crippen LogP contribution < -0.4 is 0 Å². The van der Waals surface area contributed by atoms with Crippen molar-refractivity contribution < 1.29 is 22.1 Å². The van der Waals surface area contributed by atoms with Crippen LogP contribution in [-0.4, -0.2) is 34.0 Å². The monoisotopic (exact) mass is 544 g/mol. The number of rotatable bonds is 6. The highest BCUT2D eigenvalue weighted by Gasteiger charge is 2.60. The van der Waals surface area contributed by atoms with Crippen LogP contribution in [0, 0.1) is 47.3 Å². The predicted octanol–water partition coefficient (Wildman–Crippen LogP) is 7.27. The van der Waals surface area contributed by atoms with Crippen molar-refractivity contribution in [3.05, 3.63) is 29.8 Å². The van der Waals surface area contributed by atoms with Gasteiger partial charge in [-0.2, -0.15) is 8.42 Å². The Balaban J connectivity index is 1.09. The lowest BCUT2D eigenvalue weighted by molar-refractivity contribution is -0.212. The fourth-order valence-electron chi connectivity index (χ4n) is 9.70. The third-order valence-corrected chi connectivity index (χ3v) is 13.3. The summed E-state index contributed by atoms with van der Waals surface area (Å²) in [4.78, 5) is 0.271. The maximum atomic E-state index is 12.9. The van der Waals surface area contributed by atoms with E-state index in [4.69, 9.17) is 13.7 Å². The number of benzene rings is 1. The van der Waals surface area contributed by atoms with E-state index < -0.39 is 10.1 Å². The van der Waals surface area contributed by atoms with Crippen molar-refractivity contribution in [2.24, 2.45) is 40.4 Å². The summed E-state index contributed by atoms with van der Waals surface area (Å²) < 4.78 is 43.9. The van der Waals surface area contributed by atoms with E-state index in [1.807, 2.05) is 19.1 Å². The molecule has 0 aromatic heterocycles. The normalized spacial score (nSPS) is 43.2. The van der Waals surface area contributed by atoms with Gasteiger partial charge in [0, 0.05) is 6.61 Å². The zero-order valence-corrected chi connectivity index (χ0v) is 24.5. The summed E-state index contributed by atoms with van der Waals surface area (Å²) in [6, 6.07) is 7.00. The summed E-state index contributed by atoms with van der Waals surface area (Å²) in [6.45, 7) is 8.20. The van der Waals surface area contributed by atoms with Crippen LogP contribution >= 0.6 is 0 Å². The molecule has 5 aliphatic rings. The second kappa shape index (κ2) is 10.5. The number of ether oxygens (including phenoxy) is 2. The lowest BCUT2D eigenvalue weighted by atomic mass is 9.44. The van der Waals surface area contributed by atoms with Crippen LogP contribution in [-0.2, 0) is 23.8 Å². The van der Waals surface area contributed by atoms with E-state index in [1.54, 1.807) is 12.1 Å². The Morgan fingerprint density at radius 3 is 2.42 bits per heavy atom. The minimum absolute atomic E-state index is 0.0253. The van der Waals surface area contributed by atoms with Gasteiger partial charge in [0.05, 0.1) is 17.6 Å².